The zero-order valence-corrected chi connectivity index (χ0v) is 10.9. The highest BCUT2D eigenvalue weighted by atomic mass is 19.1. The molecule has 21 heavy (non-hydrogen) atoms. The highest BCUT2D eigenvalue weighted by Crippen LogP contribution is 2.38. The third-order valence-corrected chi connectivity index (χ3v) is 3.04. The van der Waals surface area contributed by atoms with Crippen molar-refractivity contribution in [2.75, 3.05) is 6.79 Å². The number of ether oxygens (including phenoxy) is 3. The van der Waals surface area contributed by atoms with E-state index >= 15 is 0 Å². The van der Waals surface area contributed by atoms with Crippen LogP contribution in [-0.2, 0) is 13.2 Å². The zero-order chi connectivity index (χ0) is 14.8. The van der Waals surface area contributed by atoms with Crippen LogP contribution in [0, 0.1) is 11.6 Å². The first-order chi connectivity index (χ1) is 10.2. The van der Waals surface area contributed by atoms with Gasteiger partial charge in [-0.15, -0.1) is 0 Å². The monoisotopic (exact) mass is 294 g/mol. The Hall–Kier alpha value is -2.34. The van der Waals surface area contributed by atoms with Crippen LogP contribution in [0.3, 0.4) is 0 Å². The Morgan fingerprint density at radius 3 is 2.33 bits per heavy atom. The third-order valence-electron chi connectivity index (χ3n) is 3.04. The molecule has 1 N–H and O–H groups in total. The predicted molar refractivity (Wildman–Crippen MR) is 69.2 cm³/mol. The molecule has 0 atom stereocenters. The summed E-state index contributed by atoms with van der Waals surface area (Å²) in [6.07, 6.45) is 0. The Balaban J connectivity index is 1.81. The van der Waals surface area contributed by atoms with E-state index in [1.54, 1.807) is 12.1 Å². The average molecular weight is 294 g/mol. The largest absolute Gasteiger partial charge is 0.488 e. The molecule has 0 bridgehead atoms. The summed E-state index contributed by atoms with van der Waals surface area (Å²) in [5.41, 5.74) is 0.866. The summed E-state index contributed by atoms with van der Waals surface area (Å²) in [6.45, 7) is -0.163. The molecule has 2 aromatic rings. The molecule has 0 saturated carbocycles. The van der Waals surface area contributed by atoms with Gasteiger partial charge in [0, 0.05) is 17.7 Å². The van der Waals surface area contributed by atoms with Gasteiger partial charge in [0.15, 0.2) is 11.5 Å². The molecule has 0 unspecified atom stereocenters. The van der Waals surface area contributed by atoms with Crippen molar-refractivity contribution in [1.29, 1.82) is 0 Å². The van der Waals surface area contributed by atoms with Crippen LogP contribution in [0.25, 0.3) is 0 Å². The van der Waals surface area contributed by atoms with Crippen molar-refractivity contribution < 1.29 is 28.1 Å². The van der Waals surface area contributed by atoms with Crippen molar-refractivity contribution >= 4 is 0 Å². The minimum absolute atomic E-state index is 0.0265. The molecule has 0 fully saturated rings. The maximum Gasteiger partial charge on any atom is 0.231 e. The summed E-state index contributed by atoms with van der Waals surface area (Å²) in [7, 11) is 0. The second kappa shape index (κ2) is 5.57. The minimum Gasteiger partial charge on any atom is -0.488 e. The number of fused-ring (bicyclic) bond motifs is 1. The van der Waals surface area contributed by atoms with E-state index < -0.39 is 11.6 Å². The van der Waals surface area contributed by atoms with Crippen LogP contribution in [0.4, 0.5) is 8.78 Å². The number of aliphatic hydroxyl groups excluding tert-OH is 1. The van der Waals surface area contributed by atoms with Crippen LogP contribution in [0.2, 0.25) is 0 Å². The van der Waals surface area contributed by atoms with Gasteiger partial charge in [-0.3, -0.25) is 0 Å². The molecule has 2 aromatic carbocycles. The quantitative estimate of drug-likeness (QED) is 0.942. The van der Waals surface area contributed by atoms with Crippen LogP contribution in [0.5, 0.6) is 17.2 Å². The first-order valence-electron chi connectivity index (χ1n) is 6.27. The summed E-state index contributed by atoms with van der Waals surface area (Å²) in [4.78, 5) is 0. The van der Waals surface area contributed by atoms with Crippen LogP contribution >= 0.6 is 0 Å². The number of rotatable bonds is 4. The topological polar surface area (TPSA) is 47.9 Å². The van der Waals surface area contributed by atoms with Gasteiger partial charge in [-0.2, -0.15) is 0 Å². The lowest BCUT2D eigenvalue weighted by atomic mass is 10.2. The van der Waals surface area contributed by atoms with Crippen molar-refractivity contribution in [3.63, 3.8) is 0 Å². The number of aliphatic hydroxyl groups is 1. The van der Waals surface area contributed by atoms with Crippen LogP contribution in [0.1, 0.15) is 11.1 Å². The standard InChI is InChI=1S/C15H12F2O4/c16-11-1-9(2-12(17)4-11)7-19-13-5-15-14(20-8-21-15)3-10(13)6-18/h1-5,18H,6-8H2. The molecule has 0 radical (unpaired) electrons. The molecule has 0 aliphatic carbocycles. The fraction of sp³-hybridized carbons (Fsp3) is 0.200. The molecule has 6 heteroatoms. The molecule has 3 rings (SSSR count). The lowest BCUT2D eigenvalue weighted by molar-refractivity contribution is 0.173. The zero-order valence-electron chi connectivity index (χ0n) is 10.9. The van der Waals surface area contributed by atoms with Crippen molar-refractivity contribution in [1.82, 2.24) is 0 Å². The number of hydrogen-bond donors (Lipinski definition) is 1. The Bertz CT molecular complexity index is 653. The summed E-state index contributed by atoms with van der Waals surface area (Å²) in [6, 6.07) is 6.37. The lowest BCUT2D eigenvalue weighted by Gasteiger charge is -2.11. The number of hydrogen-bond acceptors (Lipinski definition) is 4. The molecule has 1 aliphatic rings. The molecular formula is C15H12F2O4. The summed E-state index contributed by atoms with van der Waals surface area (Å²) >= 11 is 0. The number of benzene rings is 2. The highest BCUT2D eigenvalue weighted by molar-refractivity contribution is 5.51. The van der Waals surface area contributed by atoms with Gasteiger partial charge in [-0.1, -0.05) is 0 Å². The normalized spacial score (nSPS) is 12.5. The third kappa shape index (κ3) is 2.90. The maximum atomic E-state index is 13.1. The van der Waals surface area contributed by atoms with Gasteiger partial charge in [-0.05, 0) is 23.8 Å². The molecular weight excluding hydrogens is 282 g/mol. The minimum atomic E-state index is -0.665. The van der Waals surface area contributed by atoms with Crippen molar-refractivity contribution in [2.45, 2.75) is 13.2 Å². The van der Waals surface area contributed by atoms with Crippen molar-refractivity contribution in [3.8, 4) is 17.2 Å². The molecule has 0 saturated heterocycles. The molecule has 110 valence electrons. The average Bonchev–Trinajstić information content (AvgIpc) is 2.90. The fourth-order valence-corrected chi connectivity index (χ4v) is 2.08. The van der Waals surface area contributed by atoms with E-state index in [0.29, 0.717) is 28.4 Å². The Morgan fingerprint density at radius 1 is 1.00 bits per heavy atom. The molecule has 0 amide bonds. The SMILES string of the molecule is OCc1cc2c(cc1OCc1cc(F)cc(F)c1)OCO2. The van der Waals surface area contributed by atoms with Gasteiger partial charge in [-0.25, -0.2) is 8.78 Å². The van der Waals surface area contributed by atoms with E-state index in [2.05, 4.69) is 0 Å². The van der Waals surface area contributed by atoms with Crippen LogP contribution in [0.15, 0.2) is 30.3 Å². The second-order valence-corrected chi connectivity index (χ2v) is 4.54. The van der Waals surface area contributed by atoms with E-state index in [4.69, 9.17) is 14.2 Å². The van der Waals surface area contributed by atoms with E-state index in [1.807, 2.05) is 0 Å². The smallest absolute Gasteiger partial charge is 0.231 e. The molecule has 1 heterocycles. The highest BCUT2D eigenvalue weighted by Gasteiger charge is 2.18. The van der Waals surface area contributed by atoms with Gasteiger partial charge < -0.3 is 19.3 Å². The Labute approximate surface area is 119 Å². The first-order valence-corrected chi connectivity index (χ1v) is 6.27. The van der Waals surface area contributed by atoms with Crippen molar-refractivity contribution in [2.24, 2.45) is 0 Å². The van der Waals surface area contributed by atoms with Gasteiger partial charge in [0.1, 0.15) is 24.0 Å². The van der Waals surface area contributed by atoms with E-state index in [9.17, 15) is 13.9 Å². The Kier molecular flexibility index (Phi) is 3.62. The van der Waals surface area contributed by atoms with E-state index in [-0.39, 0.29) is 20.0 Å². The molecule has 1 aliphatic heterocycles. The summed E-state index contributed by atoms with van der Waals surface area (Å²) in [5.74, 6) is 0.0885. The van der Waals surface area contributed by atoms with Gasteiger partial charge in [0.25, 0.3) is 0 Å². The maximum absolute atomic E-state index is 13.1. The first kappa shape index (κ1) is 13.6. The molecule has 0 spiro atoms. The van der Waals surface area contributed by atoms with Gasteiger partial charge in [0.05, 0.1) is 6.61 Å². The van der Waals surface area contributed by atoms with Crippen molar-refractivity contribution in [3.05, 3.63) is 53.1 Å². The molecule has 0 aromatic heterocycles. The summed E-state index contributed by atoms with van der Waals surface area (Å²) < 4.78 is 42.2. The Morgan fingerprint density at radius 2 is 1.67 bits per heavy atom. The lowest BCUT2D eigenvalue weighted by Crippen LogP contribution is -2.00. The van der Waals surface area contributed by atoms with Crippen LogP contribution in [-0.4, -0.2) is 11.9 Å². The van der Waals surface area contributed by atoms with E-state index in [0.717, 1.165) is 6.07 Å². The predicted octanol–water partition coefficient (Wildman–Crippen LogP) is 2.76. The van der Waals surface area contributed by atoms with Crippen LogP contribution < -0.4 is 14.2 Å². The van der Waals surface area contributed by atoms with Gasteiger partial charge >= 0.3 is 0 Å². The second-order valence-electron chi connectivity index (χ2n) is 4.54. The fourth-order valence-electron chi connectivity index (χ4n) is 2.08. The van der Waals surface area contributed by atoms with E-state index in [1.165, 1.54) is 12.1 Å². The van der Waals surface area contributed by atoms with Gasteiger partial charge in [0.2, 0.25) is 6.79 Å². The molecule has 4 nitrogen and oxygen atoms in total. The number of halogens is 2. The summed E-state index contributed by atoms with van der Waals surface area (Å²) in [5, 5.41) is 9.34.